The lowest BCUT2D eigenvalue weighted by Gasteiger charge is -2.33. The van der Waals surface area contributed by atoms with Gasteiger partial charge in [-0.15, -0.1) is 13.2 Å². The van der Waals surface area contributed by atoms with Crippen LogP contribution in [0, 0.1) is 11.8 Å². The zero-order valence-electron chi connectivity index (χ0n) is 24.9. The molecular formula is C34H44Cl2N2O4. The number of morpholine rings is 2. The Labute approximate surface area is 261 Å². The molecule has 2 saturated heterocycles. The van der Waals surface area contributed by atoms with E-state index in [4.69, 9.17) is 32.7 Å². The highest BCUT2D eigenvalue weighted by atomic mass is 35.5. The van der Waals surface area contributed by atoms with Crippen LogP contribution in [-0.2, 0) is 19.1 Å². The zero-order chi connectivity index (χ0) is 30.5. The molecule has 0 aromatic heterocycles. The van der Waals surface area contributed by atoms with Gasteiger partial charge in [-0.05, 0) is 60.1 Å². The number of carbonyl (C=O) groups excluding carboxylic acids is 2. The number of halogens is 2. The van der Waals surface area contributed by atoms with Gasteiger partial charge >= 0.3 is 0 Å². The predicted molar refractivity (Wildman–Crippen MR) is 171 cm³/mol. The molecule has 2 aliphatic heterocycles. The van der Waals surface area contributed by atoms with Gasteiger partial charge in [0.25, 0.3) is 0 Å². The van der Waals surface area contributed by atoms with Gasteiger partial charge in [-0.3, -0.25) is 9.59 Å². The minimum Gasteiger partial charge on any atom is -0.378 e. The fraction of sp³-hybridized carbons (Fsp3) is 0.471. The zero-order valence-corrected chi connectivity index (χ0v) is 26.4. The van der Waals surface area contributed by atoms with E-state index in [9.17, 15) is 9.59 Å². The number of ether oxygens (including phenoxy) is 2. The van der Waals surface area contributed by atoms with Crippen LogP contribution in [0.2, 0.25) is 10.0 Å². The highest BCUT2D eigenvalue weighted by molar-refractivity contribution is 6.30. The van der Waals surface area contributed by atoms with Gasteiger partial charge in [0.1, 0.15) is 0 Å². The van der Waals surface area contributed by atoms with E-state index in [1.165, 1.54) is 0 Å². The second-order valence-corrected chi connectivity index (χ2v) is 11.4. The Morgan fingerprint density at radius 2 is 1.00 bits per heavy atom. The van der Waals surface area contributed by atoms with Crippen molar-refractivity contribution in [1.29, 1.82) is 0 Å². The summed E-state index contributed by atoms with van der Waals surface area (Å²) in [4.78, 5) is 29.7. The normalized spacial score (nSPS) is 18.1. The Hall–Kier alpha value is -2.64. The van der Waals surface area contributed by atoms with Crippen molar-refractivity contribution < 1.29 is 19.1 Å². The van der Waals surface area contributed by atoms with Crippen LogP contribution >= 0.6 is 23.2 Å². The van der Waals surface area contributed by atoms with Crippen molar-refractivity contribution in [1.82, 2.24) is 9.80 Å². The van der Waals surface area contributed by atoms with E-state index in [0.29, 0.717) is 62.7 Å². The lowest BCUT2D eigenvalue weighted by molar-refractivity contribution is -0.138. The molecule has 2 heterocycles. The molecule has 0 spiro atoms. The van der Waals surface area contributed by atoms with Crippen LogP contribution in [0.1, 0.15) is 49.7 Å². The molecule has 228 valence electrons. The van der Waals surface area contributed by atoms with Crippen LogP contribution in [-0.4, -0.2) is 74.2 Å². The van der Waals surface area contributed by atoms with Crippen molar-refractivity contribution in [2.45, 2.75) is 38.5 Å². The maximum atomic E-state index is 12.9. The molecule has 2 aliphatic rings. The maximum absolute atomic E-state index is 12.9. The van der Waals surface area contributed by atoms with E-state index in [1.54, 1.807) is 0 Å². The van der Waals surface area contributed by atoms with Gasteiger partial charge in [0.15, 0.2) is 0 Å². The molecule has 2 aromatic rings. The van der Waals surface area contributed by atoms with Crippen molar-refractivity contribution in [2.75, 3.05) is 52.6 Å². The van der Waals surface area contributed by atoms with Crippen LogP contribution in [0.25, 0.3) is 0 Å². The Morgan fingerprint density at radius 1 is 0.690 bits per heavy atom. The molecule has 0 N–H and O–H groups in total. The summed E-state index contributed by atoms with van der Waals surface area (Å²) in [6.45, 7) is 17.1. The fourth-order valence-corrected chi connectivity index (χ4v) is 5.78. The standard InChI is InChI=1S/2C17H22ClNO2/c2*1-3-13(4-2)16(14-5-7-15(18)8-6-14)17(20)19-9-11-21-12-10-19/h2*3,5-8,13,16H,1,4,9-12H2,2H3/t2*13-,16-/m00/s1. The molecule has 2 aromatic carbocycles. The van der Waals surface area contributed by atoms with Crippen molar-refractivity contribution in [2.24, 2.45) is 11.8 Å². The van der Waals surface area contributed by atoms with Gasteiger partial charge < -0.3 is 19.3 Å². The summed E-state index contributed by atoms with van der Waals surface area (Å²) < 4.78 is 10.7. The number of hydrogen-bond donors (Lipinski definition) is 0. The summed E-state index contributed by atoms with van der Waals surface area (Å²) in [6, 6.07) is 15.1. The Morgan fingerprint density at radius 3 is 1.26 bits per heavy atom. The molecule has 0 saturated carbocycles. The lowest BCUT2D eigenvalue weighted by Crippen LogP contribution is -2.44. The van der Waals surface area contributed by atoms with Gasteiger partial charge in [0.2, 0.25) is 11.8 Å². The highest BCUT2D eigenvalue weighted by Gasteiger charge is 2.32. The number of rotatable bonds is 10. The van der Waals surface area contributed by atoms with Gasteiger partial charge in [-0.1, -0.05) is 73.5 Å². The number of allylic oxidation sites excluding steroid dienone is 2. The highest BCUT2D eigenvalue weighted by Crippen LogP contribution is 2.32. The molecule has 0 aliphatic carbocycles. The quantitative estimate of drug-likeness (QED) is 0.271. The Bertz CT molecular complexity index is 1050. The third-order valence-electron chi connectivity index (χ3n) is 8.04. The third-order valence-corrected chi connectivity index (χ3v) is 8.54. The largest absolute Gasteiger partial charge is 0.378 e. The van der Waals surface area contributed by atoms with E-state index >= 15 is 0 Å². The molecule has 8 heteroatoms. The first-order valence-electron chi connectivity index (χ1n) is 14.8. The molecule has 42 heavy (non-hydrogen) atoms. The molecule has 6 nitrogen and oxygen atoms in total. The van der Waals surface area contributed by atoms with Crippen molar-refractivity contribution in [3.05, 3.63) is 95.0 Å². The first-order chi connectivity index (χ1) is 20.3. The van der Waals surface area contributed by atoms with E-state index in [-0.39, 0.29) is 35.5 Å². The molecule has 2 fully saturated rings. The van der Waals surface area contributed by atoms with Crippen LogP contribution < -0.4 is 0 Å². The summed E-state index contributed by atoms with van der Waals surface area (Å²) in [7, 11) is 0. The Kier molecular flexibility index (Phi) is 14.1. The second-order valence-electron chi connectivity index (χ2n) is 10.5. The van der Waals surface area contributed by atoms with E-state index in [1.807, 2.05) is 70.5 Å². The average molecular weight is 616 g/mol. The summed E-state index contributed by atoms with van der Waals surface area (Å²) in [6.07, 6.45) is 5.54. The third kappa shape index (κ3) is 9.18. The lowest BCUT2D eigenvalue weighted by atomic mass is 9.83. The van der Waals surface area contributed by atoms with Crippen molar-refractivity contribution in [3.8, 4) is 0 Å². The molecule has 2 amide bonds. The monoisotopic (exact) mass is 614 g/mol. The Balaban J connectivity index is 0.000000230. The smallest absolute Gasteiger partial charge is 0.230 e. The SMILES string of the molecule is C=C[C@@H](CC)[C@H](C(=O)N1CCOCC1)c1ccc(Cl)cc1.C=C[C@@H](CC)[C@H](C(=O)N1CCOCC1)c1ccc(Cl)cc1. The number of hydrogen-bond acceptors (Lipinski definition) is 4. The fourth-order valence-electron chi connectivity index (χ4n) is 5.52. The topological polar surface area (TPSA) is 59.1 Å². The maximum Gasteiger partial charge on any atom is 0.230 e. The first kappa shape index (κ1) is 33.9. The summed E-state index contributed by atoms with van der Waals surface area (Å²) in [5.41, 5.74) is 2.00. The number of benzene rings is 2. The van der Waals surface area contributed by atoms with Gasteiger partial charge in [0.05, 0.1) is 38.3 Å². The first-order valence-corrected chi connectivity index (χ1v) is 15.6. The van der Waals surface area contributed by atoms with E-state index in [2.05, 4.69) is 27.0 Å². The molecule has 0 radical (unpaired) electrons. The molecule has 4 rings (SSSR count). The van der Waals surface area contributed by atoms with E-state index in [0.717, 1.165) is 24.0 Å². The second kappa shape index (κ2) is 17.5. The average Bonchev–Trinajstić information content (AvgIpc) is 3.04. The van der Waals surface area contributed by atoms with Crippen LogP contribution in [0.3, 0.4) is 0 Å². The number of carbonyl (C=O) groups is 2. The predicted octanol–water partition coefficient (Wildman–Crippen LogP) is 6.99. The number of amides is 2. The van der Waals surface area contributed by atoms with Gasteiger partial charge in [0, 0.05) is 36.2 Å². The van der Waals surface area contributed by atoms with E-state index < -0.39 is 0 Å². The van der Waals surface area contributed by atoms with Gasteiger partial charge in [-0.2, -0.15) is 0 Å². The van der Waals surface area contributed by atoms with Crippen molar-refractivity contribution in [3.63, 3.8) is 0 Å². The van der Waals surface area contributed by atoms with Gasteiger partial charge in [-0.25, -0.2) is 0 Å². The molecule has 0 unspecified atom stereocenters. The molecular weight excluding hydrogens is 571 g/mol. The molecule has 0 bridgehead atoms. The number of nitrogens with zero attached hydrogens (tertiary/aromatic N) is 2. The summed E-state index contributed by atoms with van der Waals surface area (Å²) in [5, 5.41) is 1.37. The minimum atomic E-state index is -0.192. The molecule has 4 atom stereocenters. The summed E-state index contributed by atoms with van der Waals surface area (Å²) >= 11 is 11.9. The van der Waals surface area contributed by atoms with Crippen LogP contribution in [0.15, 0.2) is 73.8 Å². The summed E-state index contributed by atoms with van der Waals surface area (Å²) in [5.74, 6) is 0.188. The van der Waals surface area contributed by atoms with Crippen molar-refractivity contribution >= 4 is 35.0 Å². The van der Waals surface area contributed by atoms with Crippen LogP contribution in [0.5, 0.6) is 0 Å². The minimum absolute atomic E-state index is 0.126. The van der Waals surface area contributed by atoms with Crippen LogP contribution in [0.4, 0.5) is 0 Å².